The molecule has 0 aliphatic rings. The first-order valence-electron chi connectivity index (χ1n) is 5.08. The minimum absolute atomic E-state index is 0.152. The van der Waals surface area contributed by atoms with Crippen LogP contribution in [-0.4, -0.2) is 20.9 Å². The van der Waals surface area contributed by atoms with E-state index >= 15 is 0 Å². The zero-order valence-corrected chi connectivity index (χ0v) is 9.66. The molecular weight excluding hydrogens is 248 g/mol. The van der Waals surface area contributed by atoms with E-state index in [9.17, 15) is 8.78 Å². The van der Waals surface area contributed by atoms with Crippen molar-refractivity contribution in [3.63, 3.8) is 0 Å². The van der Waals surface area contributed by atoms with Gasteiger partial charge in [-0.3, -0.25) is 0 Å². The number of hydrogen-bond donors (Lipinski definition) is 0. The van der Waals surface area contributed by atoms with Crippen LogP contribution >= 0.6 is 11.6 Å². The van der Waals surface area contributed by atoms with E-state index < -0.39 is 11.6 Å². The highest BCUT2D eigenvalue weighted by atomic mass is 35.5. The third kappa shape index (κ3) is 2.79. The van der Waals surface area contributed by atoms with Gasteiger partial charge >= 0.3 is 0 Å². The Labute approximate surface area is 102 Å². The number of rotatable bonds is 4. The first-order valence-corrected chi connectivity index (χ1v) is 5.62. The molecule has 0 aliphatic heterocycles. The molecule has 2 aromatic rings. The number of benzene rings is 1. The molecule has 90 valence electrons. The number of aryl methyl sites for hydroxylation is 1. The van der Waals surface area contributed by atoms with Gasteiger partial charge in [0.15, 0.2) is 11.6 Å². The molecule has 2 rings (SSSR count). The Bertz CT molecular complexity index is 513. The van der Waals surface area contributed by atoms with Crippen LogP contribution in [0, 0.1) is 11.6 Å². The molecule has 0 radical (unpaired) electrons. The maximum atomic E-state index is 13.4. The molecule has 1 heterocycles. The minimum Gasteiger partial charge on any atom is -0.248 e. The van der Waals surface area contributed by atoms with Gasteiger partial charge in [0, 0.05) is 24.1 Å². The number of hydrogen-bond acceptors (Lipinski definition) is 2. The van der Waals surface area contributed by atoms with Crippen molar-refractivity contribution in [3.8, 4) is 0 Å². The van der Waals surface area contributed by atoms with Gasteiger partial charge in [0.2, 0.25) is 0 Å². The lowest BCUT2D eigenvalue weighted by molar-refractivity contribution is 0.490. The molecule has 0 bridgehead atoms. The SMILES string of the molecule is Fc1cccc(Cn2cc(CCCl)nn2)c1F. The molecule has 1 aromatic heterocycles. The van der Waals surface area contributed by atoms with Gasteiger partial charge in [0.05, 0.1) is 12.2 Å². The quantitative estimate of drug-likeness (QED) is 0.788. The summed E-state index contributed by atoms with van der Waals surface area (Å²) in [4.78, 5) is 0. The second-order valence-electron chi connectivity index (χ2n) is 3.56. The largest absolute Gasteiger partial charge is 0.248 e. The Morgan fingerprint density at radius 1 is 1.29 bits per heavy atom. The molecule has 0 unspecified atom stereocenters. The van der Waals surface area contributed by atoms with E-state index in [0.29, 0.717) is 12.3 Å². The van der Waals surface area contributed by atoms with Gasteiger partial charge in [-0.2, -0.15) is 0 Å². The summed E-state index contributed by atoms with van der Waals surface area (Å²) in [5.41, 5.74) is 0.976. The van der Waals surface area contributed by atoms with E-state index in [4.69, 9.17) is 11.6 Å². The minimum atomic E-state index is -0.858. The van der Waals surface area contributed by atoms with Crippen LogP contribution in [0.25, 0.3) is 0 Å². The Kier molecular flexibility index (Phi) is 3.68. The second kappa shape index (κ2) is 5.23. The summed E-state index contributed by atoms with van der Waals surface area (Å²) in [6.07, 6.45) is 2.28. The molecule has 0 aliphatic carbocycles. The van der Waals surface area contributed by atoms with Crippen LogP contribution in [0.4, 0.5) is 8.78 Å². The molecular formula is C11H10ClF2N3. The van der Waals surface area contributed by atoms with Crippen molar-refractivity contribution < 1.29 is 8.78 Å². The maximum absolute atomic E-state index is 13.4. The van der Waals surface area contributed by atoms with Crippen molar-refractivity contribution in [1.82, 2.24) is 15.0 Å². The maximum Gasteiger partial charge on any atom is 0.163 e. The van der Waals surface area contributed by atoms with Gasteiger partial charge < -0.3 is 0 Å². The normalized spacial score (nSPS) is 10.8. The van der Waals surface area contributed by atoms with Crippen LogP contribution in [0.3, 0.4) is 0 Å². The Balaban J connectivity index is 2.16. The zero-order chi connectivity index (χ0) is 12.3. The van der Waals surface area contributed by atoms with Crippen molar-refractivity contribution in [1.29, 1.82) is 0 Å². The summed E-state index contributed by atoms with van der Waals surface area (Å²) < 4.78 is 27.8. The summed E-state index contributed by atoms with van der Waals surface area (Å²) in [5, 5.41) is 7.69. The molecule has 0 atom stereocenters. The number of nitrogens with zero attached hydrogens (tertiary/aromatic N) is 3. The molecule has 1 aromatic carbocycles. The topological polar surface area (TPSA) is 30.7 Å². The van der Waals surface area contributed by atoms with E-state index in [1.54, 1.807) is 6.20 Å². The predicted octanol–water partition coefficient (Wildman–Crippen LogP) is 2.39. The van der Waals surface area contributed by atoms with Gasteiger partial charge in [-0.1, -0.05) is 17.3 Å². The zero-order valence-electron chi connectivity index (χ0n) is 8.91. The summed E-state index contributed by atoms with van der Waals surface area (Å²) in [6.45, 7) is 0.152. The average Bonchev–Trinajstić information content (AvgIpc) is 2.73. The molecule has 17 heavy (non-hydrogen) atoms. The molecule has 0 amide bonds. The monoisotopic (exact) mass is 257 g/mol. The third-order valence-corrected chi connectivity index (χ3v) is 2.49. The highest BCUT2D eigenvalue weighted by Crippen LogP contribution is 2.12. The van der Waals surface area contributed by atoms with E-state index in [1.807, 2.05) is 0 Å². The highest BCUT2D eigenvalue weighted by molar-refractivity contribution is 6.17. The second-order valence-corrected chi connectivity index (χ2v) is 3.94. The molecule has 3 nitrogen and oxygen atoms in total. The molecule has 0 saturated carbocycles. The number of aromatic nitrogens is 3. The Morgan fingerprint density at radius 2 is 2.12 bits per heavy atom. The highest BCUT2D eigenvalue weighted by Gasteiger charge is 2.09. The third-order valence-electron chi connectivity index (χ3n) is 2.30. The predicted molar refractivity (Wildman–Crippen MR) is 59.9 cm³/mol. The van der Waals surface area contributed by atoms with Crippen LogP contribution < -0.4 is 0 Å². The van der Waals surface area contributed by atoms with Crippen LogP contribution in [0.1, 0.15) is 11.3 Å². The molecule has 6 heteroatoms. The Hall–Kier alpha value is -1.49. The van der Waals surface area contributed by atoms with Crippen LogP contribution in [0.15, 0.2) is 24.4 Å². The molecule has 0 saturated heterocycles. The number of alkyl halides is 1. The van der Waals surface area contributed by atoms with E-state index in [1.165, 1.54) is 16.8 Å². The van der Waals surface area contributed by atoms with Gasteiger partial charge in [-0.05, 0) is 6.07 Å². The molecule has 0 fully saturated rings. The van der Waals surface area contributed by atoms with Gasteiger partial charge in [0.25, 0.3) is 0 Å². The number of halogens is 3. The van der Waals surface area contributed by atoms with Gasteiger partial charge in [0.1, 0.15) is 0 Å². The fourth-order valence-corrected chi connectivity index (χ4v) is 1.67. The molecule has 0 N–H and O–H groups in total. The summed E-state index contributed by atoms with van der Waals surface area (Å²) >= 11 is 5.56. The van der Waals surface area contributed by atoms with Crippen molar-refractivity contribution >= 4 is 11.6 Å². The molecule has 0 spiro atoms. The van der Waals surface area contributed by atoms with E-state index in [-0.39, 0.29) is 12.1 Å². The standard InChI is InChI=1S/C11H10ClF2N3/c12-5-4-9-7-17(16-15-9)6-8-2-1-3-10(13)11(8)14/h1-3,7H,4-6H2. The summed E-state index contributed by atoms with van der Waals surface area (Å²) in [5.74, 6) is -1.25. The van der Waals surface area contributed by atoms with Crippen molar-refractivity contribution in [2.45, 2.75) is 13.0 Å². The van der Waals surface area contributed by atoms with Gasteiger partial charge in [-0.25, -0.2) is 13.5 Å². The van der Waals surface area contributed by atoms with E-state index in [2.05, 4.69) is 10.3 Å². The van der Waals surface area contributed by atoms with Crippen molar-refractivity contribution in [3.05, 3.63) is 47.3 Å². The fraction of sp³-hybridized carbons (Fsp3) is 0.273. The summed E-state index contributed by atoms with van der Waals surface area (Å²) in [7, 11) is 0. The lowest BCUT2D eigenvalue weighted by Crippen LogP contribution is -2.04. The lowest BCUT2D eigenvalue weighted by atomic mass is 10.2. The smallest absolute Gasteiger partial charge is 0.163 e. The first-order chi connectivity index (χ1) is 8.20. The Morgan fingerprint density at radius 3 is 2.88 bits per heavy atom. The first kappa shape index (κ1) is 12.0. The van der Waals surface area contributed by atoms with Crippen molar-refractivity contribution in [2.24, 2.45) is 0 Å². The van der Waals surface area contributed by atoms with Crippen LogP contribution in [-0.2, 0) is 13.0 Å². The van der Waals surface area contributed by atoms with E-state index in [0.717, 1.165) is 11.8 Å². The van der Waals surface area contributed by atoms with Crippen LogP contribution in [0.5, 0.6) is 0 Å². The summed E-state index contributed by atoms with van der Waals surface area (Å²) in [6, 6.07) is 4.06. The van der Waals surface area contributed by atoms with Crippen LogP contribution in [0.2, 0.25) is 0 Å². The lowest BCUT2D eigenvalue weighted by Gasteiger charge is -2.02. The van der Waals surface area contributed by atoms with Crippen molar-refractivity contribution in [2.75, 3.05) is 5.88 Å². The fourth-order valence-electron chi connectivity index (χ4n) is 1.47. The van der Waals surface area contributed by atoms with Gasteiger partial charge in [-0.15, -0.1) is 16.7 Å². The average molecular weight is 258 g/mol.